The molecule has 0 spiro atoms. The lowest BCUT2D eigenvalue weighted by Crippen LogP contribution is -2.16. The Hall–Kier alpha value is -1.46. The first-order valence-corrected chi connectivity index (χ1v) is 11.0. The second-order valence-electron chi connectivity index (χ2n) is 6.70. The molecule has 2 aromatic carbocycles. The summed E-state index contributed by atoms with van der Waals surface area (Å²) in [5.41, 5.74) is 1.91. The van der Waals surface area contributed by atoms with Crippen LogP contribution in [0.25, 0.3) is 0 Å². The fourth-order valence-corrected chi connectivity index (χ4v) is 3.26. The number of hydrogen-bond donors (Lipinski definition) is 1. The molecule has 0 fully saturated rings. The fraction of sp³-hybridized carbons (Fsp3) is 0.478. The molecule has 160 valence electrons. The summed E-state index contributed by atoms with van der Waals surface area (Å²) in [7, 11) is 0. The minimum Gasteiger partial charge on any atom is -0.490 e. The van der Waals surface area contributed by atoms with E-state index in [1.54, 1.807) is 12.1 Å². The summed E-state index contributed by atoms with van der Waals surface area (Å²) in [5.74, 6) is 1.40. The van der Waals surface area contributed by atoms with Gasteiger partial charge in [0.1, 0.15) is 6.61 Å². The molecule has 4 nitrogen and oxygen atoms in total. The lowest BCUT2D eigenvalue weighted by Gasteiger charge is -2.15. The molecule has 0 saturated carbocycles. The average Bonchev–Trinajstić information content (AvgIpc) is 2.71. The molecule has 0 aliphatic heterocycles. The SMILES string of the molecule is CCCCOCCCNCc1ccc(OCc2c(Cl)cccc2Cl)c(OCC)c1. The van der Waals surface area contributed by atoms with E-state index in [-0.39, 0.29) is 6.61 Å². The minimum absolute atomic E-state index is 0.286. The lowest BCUT2D eigenvalue weighted by atomic mass is 10.2. The van der Waals surface area contributed by atoms with Gasteiger partial charge in [-0.05, 0) is 56.1 Å². The van der Waals surface area contributed by atoms with Gasteiger partial charge in [0.05, 0.1) is 6.61 Å². The van der Waals surface area contributed by atoms with E-state index in [1.807, 2.05) is 31.2 Å². The molecule has 29 heavy (non-hydrogen) atoms. The summed E-state index contributed by atoms with van der Waals surface area (Å²) < 4.78 is 17.3. The van der Waals surface area contributed by atoms with Crippen LogP contribution in [0.4, 0.5) is 0 Å². The predicted molar refractivity (Wildman–Crippen MR) is 120 cm³/mol. The van der Waals surface area contributed by atoms with Crippen LogP contribution in [0.2, 0.25) is 10.0 Å². The van der Waals surface area contributed by atoms with Crippen molar-refractivity contribution >= 4 is 23.2 Å². The second kappa shape index (κ2) is 13.7. The van der Waals surface area contributed by atoms with Crippen LogP contribution < -0.4 is 14.8 Å². The highest BCUT2D eigenvalue weighted by Crippen LogP contribution is 2.31. The van der Waals surface area contributed by atoms with E-state index >= 15 is 0 Å². The van der Waals surface area contributed by atoms with Crippen LogP contribution in [0.3, 0.4) is 0 Å². The number of halogens is 2. The molecule has 1 N–H and O–H groups in total. The van der Waals surface area contributed by atoms with E-state index in [1.165, 1.54) is 6.42 Å². The molecule has 0 radical (unpaired) electrons. The van der Waals surface area contributed by atoms with Gasteiger partial charge >= 0.3 is 0 Å². The molecule has 6 heteroatoms. The van der Waals surface area contributed by atoms with Gasteiger partial charge in [-0.3, -0.25) is 0 Å². The Balaban J connectivity index is 1.86. The van der Waals surface area contributed by atoms with Gasteiger partial charge < -0.3 is 19.5 Å². The largest absolute Gasteiger partial charge is 0.490 e. The Labute approximate surface area is 184 Å². The molecule has 0 atom stereocenters. The van der Waals surface area contributed by atoms with E-state index in [2.05, 4.69) is 12.2 Å². The molecule has 2 aromatic rings. The van der Waals surface area contributed by atoms with Crippen LogP contribution in [-0.4, -0.2) is 26.4 Å². The van der Waals surface area contributed by atoms with Crippen LogP contribution in [0, 0.1) is 0 Å². The second-order valence-corrected chi connectivity index (χ2v) is 7.51. The summed E-state index contributed by atoms with van der Waals surface area (Å²) >= 11 is 12.5. The topological polar surface area (TPSA) is 39.7 Å². The fourth-order valence-electron chi connectivity index (χ4n) is 2.75. The highest BCUT2D eigenvalue weighted by Gasteiger charge is 2.10. The van der Waals surface area contributed by atoms with Gasteiger partial charge in [-0.2, -0.15) is 0 Å². The van der Waals surface area contributed by atoms with Crippen LogP contribution in [0.15, 0.2) is 36.4 Å². The van der Waals surface area contributed by atoms with Crippen LogP contribution in [0.1, 0.15) is 44.2 Å². The Kier molecular flexibility index (Phi) is 11.3. The summed E-state index contributed by atoms with van der Waals surface area (Å²) in [6.45, 7) is 8.32. The number of rotatable bonds is 14. The molecular formula is C23H31Cl2NO3. The van der Waals surface area contributed by atoms with Gasteiger partial charge in [0, 0.05) is 35.4 Å². The molecule has 0 aliphatic rings. The van der Waals surface area contributed by atoms with Gasteiger partial charge in [0.25, 0.3) is 0 Å². The van der Waals surface area contributed by atoms with Crippen molar-refractivity contribution in [2.24, 2.45) is 0 Å². The average molecular weight is 440 g/mol. The molecule has 2 rings (SSSR count). The van der Waals surface area contributed by atoms with Crippen molar-refractivity contribution in [3.8, 4) is 11.5 Å². The van der Waals surface area contributed by atoms with E-state index in [0.29, 0.717) is 22.4 Å². The van der Waals surface area contributed by atoms with E-state index < -0.39 is 0 Å². The van der Waals surface area contributed by atoms with Gasteiger partial charge in [-0.25, -0.2) is 0 Å². The summed E-state index contributed by atoms with van der Waals surface area (Å²) in [6.07, 6.45) is 3.30. The first-order valence-electron chi connectivity index (χ1n) is 10.3. The van der Waals surface area contributed by atoms with Crippen molar-refractivity contribution in [3.05, 3.63) is 57.6 Å². The van der Waals surface area contributed by atoms with Gasteiger partial charge in [-0.15, -0.1) is 0 Å². The summed E-state index contributed by atoms with van der Waals surface area (Å²) in [5, 5.41) is 4.63. The van der Waals surface area contributed by atoms with Crippen molar-refractivity contribution in [1.29, 1.82) is 0 Å². The van der Waals surface area contributed by atoms with Gasteiger partial charge in [0.2, 0.25) is 0 Å². The first-order chi connectivity index (χ1) is 14.2. The van der Waals surface area contributed by atoms with E-state index in [0.717, 1.165) is 56.0 Å². The number of ether oxygens (including phenoxy) is 3. The molecular weight excluding hydrogens is 409 g/mol. The lowest BCUT2D eigenvalue weighted by molar-refractivity contribution is 0.129. The molecule has 0 aliphatic carbocycles. The number of benzene rings is 2. The molecule has 0 amide bonds. The first kappa shape index (κ1) is 23.8. The third kappa shape index (κ3) is 8.43. The Bertz CT molecular complexity index is 720. The quantitative estimate of drug-likeness (QED) is 0.352. The number of hydrogen-bond acceptors (Lipinski definition) is 4. The van der Waals surface area contributed by atoms with Crippen molar-refractivity contribution in [2.45, 2.75) is 46.3 Å². The number of unbranched alkanes of at least 4 members (excludes halogenated alkanes) is 1. The molecule has 0 saturated heterocycles. The molecule has 0 unspecified atom stereocenters. The third-order valence-electron chi connectivity index (χ3n) is 4.36. The van der Waals surface area contributed by atoms with Crippen molar-refractivity contribution in [1.82, 2.24) is 5.32 Å². The zero-order valence-corrected chi connectivity index (χ0v) is 18.8. The maximum atomic E-state index is 6.23. The Morgan fingerprint density at radius 3 is 2.38 bits per heavy atom. The Morgan fingerprint density at radius 2 is 1.66 bits per heavy atom. The van der Waals surface area contributed by atoms with E-state index in [4.69, 9.17) is 37.4 Å². The predicted octanol–water partition coefficient (Wildman–Crippen LogP) is 6.27. The maximum absolute atomic E-state index is 6.23. The van der Waals surface area contributed by atoms with Crippen LogP contribution in [-0.2, 0) is 17.9 Å². The molecule has 0 aromatic heterocycles. The zero-order valence-electron chi connectivity index (χ0n) is 17.3. The summed E-state index contributed by atoms with van der Waals surface area (Å²) in [6, 6.07) is 11.4. The third-order valence-corrected chi connectivity index (χ3v) is 5.06. The van der Waals surface area contributed by atoms with Crippen LogP contribution >= 0.6 is 23.2 Å². The number of nitrogens with one attached hydrogen (secondary N) is 1. The zero-order chi connectivity index (χ0) is 20.9. The van der Waals surface area contributed by atoms with Gasteiger partial charge in [-0.1, -0.05) is 48.7 Å². The van der Waals surface area contributed by atoms with E-state index in [9.17, 15) is 0 Å². The standard InChI is InChI=1S/C23H31Cl2NO3/c1-3-5-13-27-14-7-12-26-16-18-10-11-22(23(15-18)28-4-2)29-17-19-20(24)8-6-9-21(19)25/h6,8-11,15,26H,3-5,7,12-14,16-17H2,1-2H3. The van der Waals surface area contributed by atoms with Crippen LogP contribution in [0.5, 0.6) is 11.5 Å². The smallest absolute Gasteiger partial charge is 0.161 e. The normalized spacial score (nSPS) is 10.9. The van der Waals surface area contributed by atoms with Crippen molar-refractivity contribution in [3.63, 3.8) is 0 Å². The van der Waals surface area contributed by atoms with Crippen molar-refractivity contribution < 1.29 is 14.2 Å². The monoisotopic (exact) mass is 439 g/mol. The summed E-state index contributed by atoms with van der Waals surface area (Å²) in [4.78, 5) is 0. The molecule has 0 bridgehead atoms. The van der Waals surface area contributed by atoms with Crippen molar-refractivity contribution in [2.75, 3.05) is 26.4 Å². The Morgan fingerprint density at radius 1 is 0.897 bits per heavy atom. The van der Waals surface area contributed by atoms with Gasteiger partial charge in [0.15, 0.2) is 11.5 Å². The maximum Gasteiger partial charge on any atom is 0.161 e. The highest BCUT2D eigenvalue weighted by molar-refractivity contribution is 6.35. The highest BCUT2D eigenvalue weighted by atomic mass is 35.5. The molecule has 0 heterocycles. The minimum atomic E-state index is 0.286.